The fourth-order valence-corrected chi connectivity index (χ4v) is 3.03. The Morgan fingerprint density at radius 2 is 2.12 bits per heavy atom. The van der Waals surface area contributed by atoms with Crippen LogP contribution in [-0.2, 0) is 6.54 Å². The lowest BCUT2D eigenvalue weighted by Crippen LogP contribution is -2.43. The van der Waals surface area contributed by atoms with Gasteiger partial charge in [-0.2, -0.15) is 4.98 Å². The van der Waals surface area contributed by atoms with Gasteiger partial charge in [-0.3, -0.25) is 13.9 Å². The zero-order valence-electron chi connectivity index (χ0n) is 14.3. The lowest BCUT2D eigenvalue weighted by molar-refractivity contribution is 0.314. The van der Waals surface area contributed by atoms with E-state index in [0.717, 1.165) is 23.8 Å². The average Bonchev–Trinajstić information content (AvgIpc) is 2.98. The van der Waals surface area contributed by atoms with Crippen LogP contribution < -0.4 is 17.0 Å². The van der Waals surface area contributed by atoms with Gasteiger partial charge in [-0.15, -0.1) is 0 Å². The number of aromatic nitrogens is 4. The number of nitrogens with one attached hydrogen (secondary N) is 1. The molecule has 0 fully saturated rings. The molecule has 0 bridgehead atoms. The van der Waals surface area contributed by atoms with E-state index >= 15 is 0 Å². The van der Waals surface area contributed by atoms with Crippen LogP contribution in [0.4, 0.5) is 0 Å². The van der Waals surface area contributed by atoms with Gasteiger partial charge in [0, 0.05) is 19.0 Å². The van der Waals surface area contributed by atoms with E-state index in [2.05, 4.69) is 22.0 Å². The third-order valence-corrected chi connectivity index (χ3v) is 4.36. The number of fused-ring (bicyclic) bond motifs is 1. The minimum atomic E-state index is -0.528. The maximum atomic E-state index is 13.0. The van der Waals surface area contributed by atoms with Crippen LogP contribution >= 0.6 is 11.6 Å². The number of imidazole rings is 1. The van der Waals surface area contributed by atoms with E-state index in [9.17, 15) is 9.59 Å². The second-order valence-corrected chi connectivity index (χ2v) is 6.26. The van der Waals surface area contributed by atoms with E-state index in [-0.39, 0.29) is 28.7 Å². The molecule has 4 N–H and O–H groups in total. The molecule has 2 aromatic rings. The van der Waals surface area contributed by atoms with Crippen molar-refractivity contribution in [3.63, 3.8) is 0 Å². The zero-order chi connectivity index (χ0) is 18.6. The van der Waals surface area contributed by atoms with Gasteiger partial charge < -0.3 is 15.9 Å². The Balaban J connectivity index is 2.66. The Hall–Kier alpha value is -2.29. The summed E-state index contributed by atoms with van der Waals surface area (Å²) < 4.78 is 2.60. The fourth-order valence-electron chi connectivity index (χ4n) is 2.85. The van der Waals surface area contributed by atoms with E-state index < -0.39 is 17.3 Å². The monoisotopic (exact) mass is 370 g/mol. The first-order valence-corrected chi connectivity index (χ1v) is 8.69. The number of halogens is 1. The topological polar surface area (TPSA) is 131 Å². The number of aryl methyl sites for hydroxylation is 1. The molecule has 0 saturated carbocycles. The summed E-state index contributed by atoms with van der Waals surface area (Å²) in [6.45, 7) is 4.33. The first-order chi connectivity index (χ1) is 11.9. The average molecular weight is 371 g/mol. The maximum Gasteiger partial charge on any atom is 0.333 e. The van der Waals surface area contributed by atoms with E-state index in [1.54, 1.807) is 0 Å². The number of unbranched alkanes of at least 4 members (excludes halogenated alkanes) is 2. The molecule has 0 radical (unpaired) electrons. The van der Waals surface area contributed by atoms with Gasteiger partial charge in [0.15, 0.2) is 11.2 Å². The number of amidine groups is 1. The van der Waals surface area contributed by atoms with Gasteiger partial charge in [-0.05, 0) is 24.4 Å². The van der Waals surface area contributed by atoms with Gasteiger partial charge in [-0.25, -0.2) is 4.79 Å². The zero-order valence-corrected chi connectivity index (χ0v) is 15.1. The van der Waals surface area contributed by atoms with E-state index in [1.165, 1.54) is 4.57 Å². The highest BCUT2D eigenvalue weighted by molar-refractivity contribution is 6.28. The molecule has 2 aromatic heterocycles. The Kier molecular flexibility index (Phi) is 6.24. The number of aromatic amines is 1. The summed E-state index contributed by atoms with van der Waals surface area (Å²) in [7, 11) is 0. The van der Waals surface area contributed by atoms with E-state index in [1.807, 2.05) is 6.92 Å². The third kappa shape index (κ3) is 3.87. The summed E-state index contributed by atoms with van der Waals surface area (Å²) in [6, 6.07) is -0.528. The van der Waals surface area contributed by atoms with Crippen molar-refractivity contribution in [2.45, 2.75) is 58.5 Å². The normalized spacial score (nSPS) is 13.5. The highest BCUT2D eigenvalue weighted by Gasteiger charge is 2.22. The van der Waals surface area contributed by atoms with Crippen LogP contribution in [0.2, 0.25) is 5.28 Å². The molecule has 0 spiro atoms. The summed E-state index contributed by atoms with van der Waals surface area (Å²) >= 11 is 5.91. The maximum absolute atomic E-state index is 13.0. The van der Waals surface area contributed by atoms with E-state index in [4.69, 9.17) is 22.5 Å². The highest BCUT2D eigenvalue weighted by atomic mass is 35.5. The number of rotatable bonds is 8. The molecule has 2 heterocycles. The molecule has 0 amide bonds. The molecule has 0 saturated heterocycles. The van der Waals surface area contributed by atoms with Crippen molar-refractivity contribution in [3.05, 3.63) is 26.1 Å². The fraction of sp³-hybridized carbons (Fsp3) is 0.600. The second-order valence-electron chi connectivity index (χ2n) is 5.90. The largest absolute Gasteiger partial charge is 0.409 e. The molecule has 1 unspecified atom stereocenters. The molecule has 9 nitrogen and oxygen atoms in total. The molecule has 2 rings (SSSR count). The number of H-pyrrole nitrogens is 1. The van der Waals surface area contributed by atoms with Gasteiger partial charge in [0.1, 0.15) is 5.84 Å². The SMILES string of the molecule is CCCCCn1c(=O)n(C(CC)CC(N)=NO)c(=O)c2[nH]c(Cl)nc21. The van der Waals surface area contributed by atoms with Crippen molar-refractivity contribution in [2.24, 2.45) is 10.9 Å². The van der Waals surface area contributed by atoms with Crippen LogP contribution in [0.1, 0.15) is 52.0 Å². The summed E-state index contributed by atoms with van der Waals surface area (Å²) in [6.07, 6.45) is 3.29. The number of nitrogens with zero attached hydrogens (tertiary/aromatic N) is 4. The summed E-state index contributed by atoms with van der Waals surface area (Å²) in [4.78, 5) is 32.6. The second kappa shape index (κ2) is 8.19. The van der Waals surface area contributed by atoms with Gasteiger partial charge in [0.05, 0.1) is 0 Å². The Morgan fingerprint density at radius 3 is 2.72 bits per heavy atom. The molecular formula is C15H23ClN6O3. The molecule has 0 aliphatic heterocycles. The third-order valence-electron chi connectivity index (χ3n) is 4.18. The number of nitrogens with two attached hydrogens (primary N) is 1. The standard InChI is InChI=1S/C15H23ClN6O3/c1-3-5-6-7-21-12-11(18-14(16)19-12)13(23)22(15(21)24)9(4-2)8-10(17)20-25/h9,25H,3-8H2,1-2H3,(H2,17,20)(H,18,19). The van der Waals surface area contributed by atoms with Crippen molar-refractivity contribution >= 4 is 28.6 Å². The highest BCUT2D eigenvalue weighted by Crippen LogP contribution is 2.15. The van der Waals surface area contributed by atoms with Crippen molar-refractivity contribution in [3.8, 4) is 0 Å². The van der Waals surface area contributed by atoms with Crippen LogP contribution in [0.15, 0.2) is 14.7 Å². The number of hydrogen-bond donors (Lipinski definition) is 3. The molecule has 25 heavy (non-hydrogen) atoms. The van der Waals surface area contributed by atoms with E-state index in [0.29, 0.717) is 13.0 Å². The first kappa shape index (κ1) is 19.0. The van der Waals surface area contributed by atoms with Gasteiger partial charge in [0.2, 0.25) is 5.28 Å². The molecule has 0 aliphatic rings. The molecule has 1 atom stereocenters. The predicted octanol–water partition coefficient (Wildman–Crippen LogP) is 1.82. The van der Waals surface area contributed by atoms with Crippen LogP contribution in [0.3, 0.4) is 0 Å². The first-order valence-electron chi connectivity index (χ1n) is 8.31. The molecule has 10 heteroatoms. The molecular weight excluding hydrogens is 348 g/mol. The van der Waals surface area contributed by atoms with Crippen LogP contribution in [0.25, 0.3) is 11.2 Å². The van der Waals surface area contributed by atoms with Crippen molar-refractivity contribution in [2.75, 3.05) is 0 Å². The van der Waals surface area contributed by atoms with Crippen molar-refractivity contribution in [1.82, 2.24) is 19.1 Å². The minimum absolute atomic E-state index is 0.0431. The van der Waals surface area contributed by atoms with Crippen molar-refractivity contribution < 1.29 is 5.21 Å². The Labute approximate surface area is 149 Å². The van der Waals surface area contributed by atoms with Crippen LogP contribution in [-0.4, -0.2) is 30.1 Å². The lowest BCUT2D eigenvalue weighted by atomic mass is 10.1. The van der Waals surface area contributed by atoms with Gasteiger partial charge >= 0.3 is 5.69 Å². The Bertz CT molecular complexity index is 882. The van der Waals surface area contributed by atoms with Crippen LogP contribution in [0, 0.1) is 0 Å². The summed E-state index contributed by atoms with van der Waals surface area (Å²) in [5.41, 5.74) is 5.04. The summed E-state index contributed by atoms with van der Waals surface area (Å²) in [5, 5.41) is 11.8. The molecule has 0 aromatic carbocycles. The summed E-state index contributed by atoms with van der Waals surface area (Å²) in [5.74, 6) is -0.0431. The smallest absolute Gasteiger partial charge is 0.333 e. The van der Waals surface area contributed by atoms with Crippen molar-refractivity contribution in [1.29, 1.82) is 0 Å². The minimum Gasteiger partial charge on any atom is -0.409 e. The van der Waals surface area contributed by atoms with Crippen LogP contribution in [0.5, 0.6) is 0 Å². The lowest BCUT2D eigenvalue weighted by Gasteiger charge is -2.18. The number of hydrogen-bond acceptors (Lipinski definition) is 5. The van der Waals surface area contributed by atoms with Gasteiger partial charge in [0.25, 0.3) is 5.56 Å². The Morgan fingerprint density at radius 1 is 1.40 bits per heavy atom. The quantitative estimate of drug-likeness (QED) is 0.163. The number of oxime groups is 1. The predicted molar refractivity (Wildman–Crippen MR) is 96.5 cm³/mol. The molecule has 0 aliphatic carbocycles. The van der Waals surface area contributed by atoms with Gasteiger partial charge in [-0.1, -0.05) is 31.8 Å². The molecule has 138 valence electrons.